The molecule has 6 heteroatoms. The van der Waals surface area contributed by atoms with Crippen LogP contribution in [0.25, 0.3) is 0 Å². The molecular formula is C22H32N4O2. The molecule has 1 N–H and O–H groups in total. The number of benzene rings is 1. The quantitative estimate of drug-likeness (QED) is 0.760. The summed E-state index contributed by atoms with van der Waals surface area (Å²) in [5.41, 5.74) is 2.40. The SMILES string of the molecule is COc1ccc(CN2CCC(CNC(=O)[C@H](C)Cn3nccc3C)CC2)cc1. The van der Waals surface area contributed by atoms with Crippen LogP contribution in [0.5, 0.6) is 5.75 Å². The molecular weight excluding hydrogens is 352 g/mol. The summed E-state index contributed by atoms with van der Waals surface area (Å²) < 4.78 is 7.11. The zero-order valence-electron chi connectivity index (χ0n) is 17.2. The van der Waals surface area contributed by atoms with E-state index in [0.717, 1.165) is 50.5 Å². The molecule has 2 heterocycles. The van der Waals surface area contributed by atoms with Crippen molar-refractivity contribution in [1.82, 2.24) is 20.0 Å². The molecule has 1 fully saturated rings. The second-order valence-electron chi connectivity index (χ2n) is 7.87. The summed E-state index contributed by atoms with van der Waals surface area (Å²) in [5, 5.41) is 7.41. The van der Waals surface area contributed by atoms with Gasteiger partial charge in [-0.2, -0.15) is 5.10 Å². The Balaban J connectivity index is 1.36. The van der Waals surface area contributed by atoms with Crippen LogP contribution in [0.4, 0.5) is 0 Å². The summed E-state index contributed by atoms with van der Waals surface area (Å²) >= 11 is 0. The minimum atomic E-state index is -0.0752. The van der Waals surface area contributed by atoms with E-state index in [2.05, 4.69) is 27.4 Å². The number of aryl methyl sites for hydroxylation is 1. The number of aromatic nitrogens is 2. The topological polar surface area (TPSA) is 59.4 Å². The molecule has 3 rings (SSSR count). The lowest BCUT2D eigenvalue weighted by molar-refractivity contribution is -0.125. The number of likely N-dealkylation sites (tertiary alicyclic amines) is 1. The molecule has 1 atom stereocenters. The van der Waals surface area contributed by atoms with Gasteiger partial charge in [0, 0.05) is 25.0 Å². The van der Waals surface area contributed by atoms with E-state index in [1.807, 2.05) is 36.7 Å². The van der Waals surface area contributed by atoms with Gasteiger partial charge in [-0.1, -0.05) is 19.1 Å². The van der Waals surface area contributed by atoms with Crippen LogP contribution in [-0.4, -0.2) is 47.3 Å². The van der Waals surface area contributed by atoms with Gasteiger partial charge < -0.3 is 10.1 Å². The molecule has 1 aromatic heterocycles. The second-order valence-corrected chi connectivity index (χ2v) is 7.87. The zero-order chi connectivity index (χ0) is 19.9. The maximum Gasteiger partial charge on any atom is 0.224 e. The van der Waals surface area contributed by atoms with Crippen molar-refractivity contribution in [3.63, 3.8) is 0 Å². The Morgan fingerprint density at radius 1 is 1.25 bits per heavy atom. The van der Waals surface area contributed by atoms with Gasteiger partial charge in [0.05, 0.1) is 19.6 Å². The maximum absolute atomic E-state index is 12.4. The third-order valence-electron chi connectivity index (χ3n) is 5.66. The van der Waals surface area contributed by atoms with E-state index >= 15 is 0 Å². The fraction of sp³-hybridized carbons (Fsp3) is 0.545. The largest absolute Gasteiger partial charge is 0.497 e. The molecule has 1 aliphatic rings. The number of nitrogens with zero attached hydrogens (tertiary/aromatic N) is 3. The maximum atomic E-state index is 12.4. The Hall–Kier alpha value is -2.34. The van der Waals surface area contributed by atoms with E-state index in [9.17, 15) is 4.79 Å². The van der Waals surface area contributed by atoms with Crippen molar-refractivity contribution >= 4 is 5.91 Å². The molecule has 1 saturated heterocycles. The van der Waals surface area contributed by atoms with Gasteiger partial charge in [0.1, 0.15) is 5.75 Å². The molecule has 6 nitrogen and oxygen atoms in total. The Morgan fingerprint density at radius 3 is 2.57 bits per heavy atom. The lowest BCUT2D eigenvalue weighted by atomic mass is 9.96. The number of amides is 1. The highest BCUT2D eigenvalue weighted by molar-refractivity contribution is 5.78. The molecule has 0 saturated carbocycles. The number of methoxy groups -OCH3 is 1. The van der Waals surface area contributed by atoms with Crippen LogP contribution < -0.4 is 10.1 Å². The predicted molar refractivity (Wildman–Crippen MR) is 110 cm³/mol. The Labute approximate surface area is 167 Å². The standard InChI is InChI=1S/C22H32N4O2/c1-17(15-26-18(2)8-11-24-26)22(27)23-14-19-9-12-25(13-10-19)16-20-4-6-21(28-3)7-5-20/h4-8,11,17,19H,9-10,12-16H2,1-3H3,(H,23,27)/t17-/m1/s1. The van der Waals surface area contributed by atoms with Crippen LogP contribution in [0.2, 0.25) is 0 Å². The Morgan fingerprint density at radius 2 is 1.96 bits per heavy atom. The highest BCUT2D eigenvalue weighted by atomic mass is 16.5. The second kappa shape index (κ2) is 9.73. The smallest absolute Gasteiger partial charge is 0.224 e. The van der Waals surface area contributed by atoms with Gasteiger partial charge in [-0.25, -0.2) is 0 Å². The predicted octanol–water partition coefficient (Wildman–Crippen LogP) is 2.86. The van der Waals surface area contributed by atoms with E-state index in [0.29, 0.717) is 12.5 Å². The number of hydrogen-bond donors (Lipinski definition) is 1. The summed E-state index contributed by atoms with van der Waals surface area (Å²) in [6, 6.07) is 10.3. The van der Waals surface area contributed by atoms with E-state index in [4.69, 9.17) is 4.74 Å². The van der Waals surface area contributed by atoms with Crippen LogP contribution in [0, 0.1) is 18.8 Å². The minimum Gasteiger partial charge on any atom is -0.497 e. The molecule has 0 radical (unpaired) electrons. The van der Waals surface area contributed by atoms with E-state index in [-0.39, 0.29) is 11.8 Å². The molecule has 0 aliphatic carbocycles. The summed E-state index contributed by atoms with van der Waals surface area (Å²) in [5.74, 6) is 1.51. The third-order valence-corrected chi connectivity index (χ3v) is 5.66. The Bertz CT molecular complexity index is 748. The average Bonchev–Trinajstić information content (AvgIpc) is 3.12. The average molecular weight is 385 g/mol. The first-order valence-corrected chi connectivity index (χ1v) is 10.2. The highest BCUT2D eigenvalue weighted by Gasteiger charge is 2.21. The summed E-state index contributed by atoms with van der Waals surface area (Å²) in [4.78, 5) is 14.9. The molecule has 0 spiro atoms. The monoisotopic (exact) mass is 384 g/mol. The van der Waals surface area contributed by atoms with Gasteiger partial charge in [-0.15, -0.1) is 0 Å². The number of ether oxygens (including phenoxy) is 1. The molecule has 28 heavy (non-hydrogen) atoms. The van der Waals surface area contributed by atoms with E-state index in [1.165, 1.54) is 5.56 Å². The Kier molecular flexibility index (Phi) is 7.09. The fourth-order valence-electron chi connectivity index (χ4n) is 3.69. The van der Waals surface area contributed by atoms with Crippen molar-refractivity contribution in [3.05, 3.63) is 47.8 Å². The van der Waals surface area contributed by atoms with E-state index < -0.39 is 0 Å². The third kappa shape index (κ3) is 5.58. The number of piperidine rings is 1. The lowest BCUT2D eigenvalue weighted by Crippen LogP contribution is -2.40. The molecule has 152 valence electrons. The van der Waals surface area contributed by atoms with E-state index in [1.54, 1.807) is 13.3 Å². The molecule has 0 bridgehead atoms. The van der Waals surface area contributed by atoms with Crippen LogP contribution >= 0.6 is 0 Å². The van der Waals surface area contributed by atoms with Gasteiger partial charge in [-0.3, -0.25) is 14.4 Å². The normalized spacial score (nSPS) is 16.7. The summed E-state index contributed by atoms with van der Waals surface area (Å²) in [7, 11) is 1.69. The van der Waals surface area contributed by atoms with Gasteiger partial charge in [-0.05, 0) is 62.5 Å². The van der Waals surface area contributed by atoms with Crippen molar-refractivity contribution in [2.24, 2.45) is 11.8 Å². The van der Waals surface area contributed by atoms with Gasteiger partial charge in [0.15, 0.2) is 0 Å². The number of hydrogen-bond acceptors (Lipinski definition) is 4. The number of nitrogens with one attached hydrogen (secondary N) is 1. The van der Waals surface area contributed by atoms with Gasteiger partial charge >= 0.3 is 0 Å². The fourth-order valence-corrected chi connectivity index (χ4v) is 3.69. The number of carbonyl (C=O) groups excluding carboxylic acids is 1. The first kappa shape index (κ1) is 20.4. The first-order valence-electron chi connectivity index (χ1n) is 10.2. The molecule has 0 unspecified atom stereocenters. The van der Waals surface area contributed by atoms with Crippen LogP contribution in [0.15, 0.2) is 36.5 Å². The van der Waals surface area contributed by atoms with Crippen LogP contribution in [0.3, 0.4) is 0 Å². The first-order chi connectivity index (χ1) is 13.5. The summed E-state index contributed by atoms with van der Waals surface area (Å²) in [6.07, 6.45) is 4.03. The molecule has 1 aliphatic heterocycles. The molecule has 2 aromatic rings. The molecule has 1 amide bonds. The lowest BCUT2D eigenvalue weighted by Gasteiger charge is -2.32. The highest BCUT2D eigenvalue weighted by Crippen LogP contribution is 2.20. The van der Waals surface area contributed by atoms with Crippen molar-refractivity contribution in [2.75, 3.05) is 26.7 Å². The van der Waals surface area contributed by atoms with Crippen molar-refractivity contribution in [2.45, 2.75) is 39.8 Å². The molecule has 1 aromatic carbocycles. The van der Waals surface area contributed by atoms with Crippen molar-refractivity contribution in [3.8, 4) is 5.75 Å². The van der Waals surface area contributed by atoms with Crippen molar-refractivity contribution < 1.29 is 9.53 Å². The van der Waals surface area contributed by atoms with Crippen LogP contribution in [-0.2, 0) is 17.9 Å². The number of carbonyl (C=O) groups is 1. The summed E-state index contributed by atoms with van der Waals surface area (Å²) in [6.45, 7) is 8.51. The van der Waals surface area contributed by atoms with Crippen molar-refractivity contribution in [1.29, 1.82) is 0 Å². The van der Waals surface area contributed by atoms with Crippen LogP contribution in [0.1, 0.15) is 31.0 Å². The van der Waals surface area contributed by atoms with Gasteiger partial charge in [0.2, 0.25) is 5.91 Å². The minimum absolute atomic E-state index is 0.0752. The number of rotatable bonds is 8. The zero-order valence-corrected chi connectivity index (χ0v) is 17.2. The van der Waals surface area contributed by atoms with Gasteiger partial charge in [0.25, 0.3) is 0 Å².